The molecule has 3 unspecified atom stereocenters. The third-order valence-corrected chi connectivity index (χ3v) is 8.46. The van der Waals surface area contributed by atoms with Crippen molar-refractivity contribution in [3.05, 3.63) is 53.6 Å². The molecule has 47 heavy (non-hydrogen) atoms. The Morgan fingerprint density at radius 3 is 2.55 bits per heavy atom. The minimum Gasteiger partial charge on any atom is -0.497 e. The minimum absolute atomic E-state index is 0.0484. The number of carbonyl (C=O) groups is 2. The number of anilines is 1. The van der Waals surface area contributed by atoms with E-state index >= 15 is 0 Å². The lowest BCUT2D eigenvalue weighted by molar-refractivity contribution is -0.492. The number of nitrogens with one attached hydrogen (secondary N) is 1. The van der Waals surface area contributed by atoms with E-state index in [2.05, 4.69) is 21.1 Å². The van der Waals surface area contributed by atoms with Crippen LogP contribution in [-0.2, 0) is 30.4 Å². The van der Waals surface area contributed by atoms with Gasteiger partial charge in [-0.15, -0.1) is 0 Å². The van der Waals surface area contributed by atoms with Crippen molar-refractivity contribution in [2.75, 3.05) is 72.2 Å². The number of rotatable bonds is 17. The summed E-state index contributed by atoms with van der Waals surface area (Å²) in [7, 11) is 4.90. The number of likely N-dealkylation sites (tertiary alicyclic amines) is 1. The Labute approximate surface area is 275 Å². The molecule has 3 N–H and O–H groups in total. The zero-order valence-electron chi connectivity index (χ0n) is 27.5. The van der Waals surface area contributed by atoms with Gasteiger partial charge in [-0.1, -0.05) is 18.2 Å². The number of fused-ring (bicyclic) bond motifs is 1. The number of carbonyl (C=O) groups excluding carboxylic acids is 2. The number of methoxy groups -OCH3 is 2. The molecule has 0 radical (unpaired) electrons. The van der Waals surface area contributed by atoms with Crippen LogP contribution in [0.5, 0.6) is 11.5 Å². The van der Waals surface area contributed by atoms with Crippen LogP contribution >= 0.6 is 0 Å². The van der Waals surface area contributed by atoms with Crippen molar-refractivity contribution in [3.8, 4) is 11.5 Å². The molecule has 0 spiro atoms. The van der Waals surface area contributed by atoms with Crippen LogP contribution in [0.25, 0.3) is 0 Å². The van der Waals surface area contributed by atoms with Crippen LogP contribution in [0.4, 0.5) is 10.5 Å². The van der Waals surface area contributed by atoms with Gasteiger partial charge in [-0.25, -0.2) is 4.79 Å². The fourth-order valence-electron chi connectivity index (χ4n) is 5.98. The van der Waals surface area contributed by atoms with Crippen LogP contribution in [0.1, 0.15) is 49.1 Å². The zero-order valence-corrected chi connectivity index (χ0v) is 27.5. The Hall–Kier alpha value is -3.66. The summed E-state index contributed by atoms with van der Waals surface area (Å²) in [4.78, 5) is 34.4. The van der Waals surface area contributed by atoms with E-state index in [1.54, 1.807) is 26.2 Å². The van der Waals surface area contributed by atoms with Gasteiger partial charge in [-0.3, -0.25) is 20.0 Å². The smallest absolute Gasteiger partial charge is 0.410 e. The molecule has 0 aromatic heterocycles. The second kappa shape index (κ2) is 18.6. The van der Waals surface area contributed by atoms with Gasteiger partial charge < -0.3 is 38.8 Å². The van der Waals surface area contributed by atoms with Crippen molar-refractivity contribution in [1.82, 2.24) is 15.6 Å². The van der Waals surface area contributed by atoms with Gasteiger partial charge >= 0.3 is 6.09 Å². The summed E-state index contributed by atoms with van der Waals surface area (Å²) in [5.74, 6) is 1.29. The second-order valence-electron chi connectivity index (χ2n) is 11.5. The first-order chi connectivity index (χ1) is 22.8. The van der Waals surface area contributed by atoms with Crippen molar-refractivity contribution in [3.63, 3.8) is 0 Å². The number of nitrogens with zero attached hydrogens (tertiary/aromatic N) is 3. The standard InChI is InChI=1S/C33H48N4O10/c1-34-32(38)21-26-20-28(25-8-10-27(43-3)11-9-25)31(22-36(26)33(39)45-16-4-5-17-47-37(40)41)46-23-24-7-12-30-29(19-24)35(14-18-44-30)13-6-15-42-2/h7-12,19,26,28,31,40-41H,4-6,13-18,20-23H2,1-3H3,(H,34,38). The predicted molar refractivity (Wildman–Crippen MR) is 171 cm³/mol. The molecule has 4 rings (SSSR count). The van der Waals surface area contributed by atoms with Gasteiger partial charge in [0.05, 0.1) is 57.2 Å². The van der Waals surface area contributed by atoms with Crippen LogP contribution in [-0.4, -0.2) is 112 Å². The van der Waals surface area contributed by atoms with Crippen molar-refractivity contribution in [1.29, 1.82) is 0 Å². The van der Waals surface area contributed by atoms with Gasteiger partial charge in [-0.2, -0.15) is 0 Å². The molecular weight excluding hydrogens is 612 g/mol. The van der Waals surface area contributed by atoms with Crippen LogP contribution in [0, 0.1) is 0 Å². The molecule has 14 nitrogen and oxygen atoms in total. The molecule has 0 aliphatic carbocycles. The molecule has 14 heteroatoms. The number of ether oxygens (including phenoxy) is 5. The number of amides is 2. The molecule has 1 saturated heterocycles. The summed E-state index contributed by atoms with van der Waals surface area (Å²) < 4.78 is 28.8. The van der Waals surface area contributed by atoms with Crippen molar-refractivity contribution >= 4 is 17.7 Å². The molecule has 0 bridgehead atoms. The highest BCUT2D eigenvalue weighted by Crippen LogP contribution is 2.38. The van der Waals surface area contributed by atoms with E-state index in [4.69, 9.17) is 34.1 Å². The molecule has 2 aliphatic heterocycles. The van der Waals surface area contributed by atoms with E-state index in [0.29, 0.717) is 39.1 Å². The first-order valence-electron chi connectivity index (χ1n) is 16.0. The molecule has 2 aromatic carbocycles. The highest BCUT2D eigenvalue weighted by molar-refractivity contribution is 5.77. The summed E-state index contributed by atoms with van der Waals surface area (Å²) >= 11 is 0. The van der Waals surface area contributed by atoms with Gasteiger partial charge in [0.2, 0.25) is 5.91 Å². The quantitative estimate of drug-likeness (QED) is 0.168. The Balaban J connectivity index is 1.52. The summed E-state index contributed by atoms with van der Waals surface area (Å²) in [5, 5.41) is 19.7. The third kappa shape index (κ3) is 10.7. The van der Waals surface area contributed by atoms with Crippen molar-refractivity contribution < 1.29 is 48.5 Å². The number of unbranched alkanes of at least 4 members (excludes halogenated alkanes) is 1. The van der Waals surface area contributed by atoms with E-state index in [9.17, 15) is 9.59 Å². The topological polar surface area (TPSA) is 152 Å². The molecule has 2 amide bonds. The lowest BCUT2D eigenvalue weighted by Gasteiger charge is -2.43. The Morgan fingerprint density at radius 2 is 1.83 bits per heavy atom. The molecule has 2 heterocycles. The summed E-state index contributed by atoms with van der Waals surface area (Å²) in [6.07, 6.45) is 1.47. The lowest BCUT2D eigenvalue weighted by atomic mass is 9.82. The van der Waals surface area contributed by atoms with E-state index in [-0.39, 0.29) is 43.4 Å². The molecule has 260 valence electrons. The fourth-order valence-corrected chi connectivity index (χ4v) is 5.98. The van der Waals surface area contributed by atoms with E-state index in [1.165, 1.54) is 0 Å². The average Bonchev–Trinajstić information content (AvgIpc) is 3.08. The number of piperidine rings is 1. The van der Waals surface area contributed by atoms with Gasteiger partial charge in [0.15, 0.2) is 0 Å². The van der Waals surface area contributed by atoms with Gasteiger partial charge in [0.25, 0.3) is 0 Å². The first kappa shape index (κ1) is 36.2. The van der Waals surface area contributed by atoms with E-state index in [1.807, 2.05) is 36.4 Å². The van der Waals surface area contributed by atoms with Gasteiger partial charge in [0.1, 0.15) is 18.1 Å². The third-order valence-electron chi connectivity index (χ3n) is 8.46. The molecular formula is C33H48N4O10. The molecule has 1 fully saturated rings. The van der Waals surface area contributed by atoms with Gasteiger partial charge in [-0.05, 0) is 61.1 Å². The summed E-state index contributed by atoms with van der Waals surface area (Å²) in [6.45, 7) is 3.65. The monoisotopic (exact) mass is 660 g/mol. The number of hydrogen-bond acceptors (Lipinski definition) is 12. The average molecular weight is 661 g/mol. The second-order valence-corrected chi connectivity index (χ2v) is 11.5. The largest absolute Gasteiger partial charge is 0.497 e. The van der Waals surface area contributed by atoms with E-state index < -0.39 is 18.2 Å². The molecule has 2 aromatic rings. The maximum atomic E-state index is 13.4. The zero-order chi connectivity index (χ0) is 33.6. The number of benzene rings is 2. The van der Waals surface area contributed by atoms with Crippen LogP contribution < -0.4 is 19.7 Å². The van der Waals surface area contributed by atoms with Crippen molar-refractivity contribution in [2.45, 2.75) is 56.8 Å². The molecule has 2 aliphatic rings. The SMILES string of the molecule is CNC(=O)CC1CC(c2ccc(OC)cc2)C(OCc2ccc3c(c2)N(CCCOC)CCO3)CN1C(=O)OCCCCON(O)O. The normalized spacial score (nSPS) is 19.2. The summed E-state index contributed by atoms with van der Waals surface area (Å²) in [5.41, 5.74) is 3.03. The Kier molecular flexibility index (Phi) is 14.3. The Morgan fingerprint density at radius 1 is 1.04 bits per heavy atom. The highest BCUT2D eigenvalue weighted by atomic mass is 17.1. The lowest BCUT2D eigenvalue weighted by Crippen LogP contribution is -2.53. The van der Waals surface area contributed by atoms with Crippen LogP contribution in [0.2, 0.25) is 0 Å². The van der Waals surface area contributed by atoms with Crippen LogP contribution in [0.15, 0.2) is 42.5 Å². The molecule has 3 atom stereocenters. The number of hydrogen-bond donors (Lipinski definition) is 3. The first-order valence-corrected chi connectivity index (χ1v) is 16.0. The van der Waals surface area contributed by atoms with E-state index in [0.717, 1.165) is 47.8 Å². The minimum atomic E-state index is -0.537. The highest BCUT2D eigenvalue weighted by Gasteiger charge is 2.41. The summed E-state index contributed by atoms with van der Waals surface area (Å²) in [6, 6.07) is 13.5. The van der Waals surface area contributed by atoms with Crippen LogP contribution in [0.3, 0.4) is 0 Å². The maximum absolute atomic E-state index is 13.4. The van der Waals surface area contributed by atoms with Gasteiger partial charge in [0, 0.05) is 45.7 Å². The predicted octanol–water partition coefficient (Wildman–Crippen LogP) is 3.74. The maximum Gasteiger partial charge on any atom is 0.410 e. The fraction of sp³-hybridized carbons (Fsp3) is 0.576. The molecule has 0 saturated carbocycles. The Bertz CT molecular complexity index is 1260. The van der Waals surface area contributed by atoms with Crippen molar-refractivity contribution in [2.24, 2.45) is 0 Å².